The van der Waals surface area contributed by atoms with Gasteiger partial charge in [0.25, 0.3) is 0 Å². The summed E-state index contributed by atoms with van der Waals surface area (Å²) >= 11 is 0. The fourth-order valence-corrected chi connectivity index (χ4v) is 8.90. The zero-order valence-corrected chi connectivity index (χ0v) is 31.5. The van der Waals surface area contributed by atoms with Gasteiger partial charge < -0.3 is 4.90 Å². The fraction of sp³-hybridized carbons (Fsp3) is 0.0357. The van der Waals surface area contributed by atoms with Crippen molar-refractivity contribution in [2.24, 2.45) is 5.92 Å². The highest BCUT2D eigenvalue weighted by Gasteiger charge is 2.18. The summed E-state index contributed by atoms with van der Waals surface area (Å²) in [5.41, 5.74) is 12.1. The zero-order chi connectivity index (χ0) is 37.7. The van der Waals surface area contributed by atoms with E-state index in [4.69, 9.17) is 0 Å². The van der Waals surface area contributed by atoms with E-state index in [0.29, 0.717) is 5.92 Å². The van der Waals surface area contributed by atoms with Crippen molar-refractivity contribution in [3.63, 3.8) is 0 Å². The van der Waals surface area contributed by atoms with Gasteiger partial charge >= 0.3 is 0 Å². The van der Waals surface area contributed by atoms with Gasteiger partial charge in [-0.15, -0.1) is 0 Å². The lowest BCUT2D eigenvalue weighted by atomic mass is 9.84. The van der Waals surface area contributed by atoms with Crippen LogP contribution < -0.4 is 4.90 Å². The van der Waals surface area contributed by atoms with Gasteiger partial charge in [0.2, 0.25) is 0 Å². The summed E-state index contributed by atoms with van der Waals surface area (Å²) in [5, 5.41) is 10.2. The standard InChI is InChI=1S/C56H39N/c1-2-10-44-35-45(16-13-38(44)7-1)39-19-27-50(28-20-39)57(51-29-21-40(22-30-51)46-25-33-55-48(36-46)17-14-42-8-3-5-11-53(42)55)52-31-23-41(24-32-52)47-26-34-56-49(37-47)18-15-43-9-4-6-12-54(43)56/h1-12,14-38H,13H2. The van der Waals surface area contributed by atoms with Gasteiger partial charge in [-0.05, 0) is 137 Å². The molecule has 0 aliphatic heterocycles. The Balaban J connectivity index is 0.945. The fourth-order valence-electron chi connectivity index (χ4n) is 8.90. The lowest BCUT2D eigenvalue weighted by Gasteiger charge is -2.26. The zero-order valence-electron chi connectivity index (χ0n) is 31.5. The van der Waals surface area contributed by atoms with Crippen LogP contribution in [-0.2, 0) is 0 Å². The van der Waals surface area contributed by atoms with Crippen molar-refractivity contribution in [1.82, 2.24) is 0 Å². The second kappa shape index (κ2) is 13.8. The minimum atomic E-state index is 0.489. The van der Waals surface area contributed by atoms with E-state index in [1.807, 2.05) is 0 Å². The number of hydrogen-bond donors (Lipinski definition) is 0. The SMILES string of the molecule is C1=CC2=CC(c3ccc(N(c4ccc(-c5ccc6c(ccc7ccccc76)c5)cc4)c4ccc(-c5ccc6c(ccc7ccccc76)c5)cc4)cc3)=CCC2C=C1. The molecule has 0 heterocycles. The van der Waals surface area contributed by atoms with Crippen LogP contribution in [0.4, 0.5) is 17.1 Å². The number of nitrogens with zero attached hydrogens (tertiary/aromatic N) is 1. The normalized spacial score (nSPS) is 14.8. The van der Waals surface area contributed by atoms with E-state index in [0.717, 1.165) is 23.5 Å². The Hall–Kier alpha value is -7.22. The molecule has 0 amide bonds. The van der Waals surface area contributed by atoms with Crippen molar-refractivity contribution >= 4 is 65.7 Å². The van der Waals surface area contributed by atoms with Crippen LogP contribution in [0.3, 0.4) is 0 Å². The molecule has 1 atom stereocenters. The predicted octanol–water partition coefficient (Wildman–Crippen LogP) is 15.6. The molecule has 9 aromatic rings. The van der Waals surface area contributed by atoms with E-state index in [-0.39, 0.29) is 0 Å². The highest BCUT2D eigenvalue weighted by atomic mass is 15.1. The summed E-state index contributed by atoms with van der Waals surface area (Å²) in [6, 6.07) is 67.0. The summed E-state index contributed by atoms with van der Waals surface area (Å²) in [4.78, 5) is 2.37. The van der Waals surface area contributed by atoms with E-state index < -0.39 is 0 Å². The van der Waals surface area contributed by atoms with Crippen molar-refractivity contribution in [1.29, 1.82) is 0 Å². The molecule has 2 aliphatic carbocycles. The van der Waals surface area contributed by atoms with Gasteiger partial charge in [0.05, 0.1) is 0 Å². The van der Waals surface area contributed by atoms with Crippen molar-refractivity contribution < 1.29 is 0 Å². The molecule has 9 aromatic carbocycles. The number of anilines is 3. The predicted molar refractivity (Wildman–Crippen MR) is 244 cm³/mol. The van der Waals surface area contributed by atoms with Crippen molar-refractivity contribution in [3.8, 4) is 22.3 Å². The molecule has 0 N–H and O–H groups in total. The molecule has 0 saturated carbocycles. The molecule has 0 saturated heterocycles. The van der Waals surface area contributed by atoms with Gasteiger partial charge in [-0.2, -0.15) is 0 Å². The van der Waals surface area contributed by atoms with Gasteiger partial charge in [0.1, 0.15) is 0 Å². The van der Waals surface area contributed by atoms with Crippen LogP contribution in [0.2, 0.25) is 0 Å². The lowest BCUT2D eigenvalue weighted by molar-refractivity contribution is 0.783. The first-order chi connectivity index (χ1) is 28.2. The third kappa shape index (κ3) is 6.05. The van der Waals surface area contributed by atoms with E-state index >= 15 is 0 Å². The van der Waals surface area contributed by atoms with Gasteiger partial charge in [0, 0.05) is 23.0 Å². The van der Waals surface area contributed by atoms with Crippen LogP contribution in [0.25, 0.3) is 70.9 Å². The number of rotatable bonds is 6. The smallest absolute Gasteiger partial charge is 0.0462 e. The molecule has 0 fully saturated rings. The second-order valence-corrected chi connectivity index (χ2v) is 15.3. The van der Waals surface area contributed by atoms with Gasteiger partial charge in [0.15, 0.2) is 0 Å². The third-order valence-electron chi connectivity index (χ3n) is 12.0. The maximum Gasteiger partial charge on any atom is 0.0462 e. The van der Waals surface area contributed by atoms with Gasteiger partial charge in [-0.3, -0.25) is 0 Å². The van der Waals surface area contributed by atoms with Crippen molar-refractivity contribution in [2.75, 3.05) is 4.90 Å². The largest absolute Gasteiger partial charge is 0.311 e. The van der Waals surface area contributed by atoms with E-state index in [2.05, 4.69) is 223 Å². The summed E-state index contributed by atoms with van der Waals surface area (Å²) in [5.74, 6) is 0.489. The molecule has 57 heavy (non-hydrogen) atoms. The Morgan fingerprint density at radius 2 is 0.842 bits per heavy atom. The van der Waals surface area contributed by atoms with E-state index in [1.54, 1.807) is 0 Å². The maximum atomic E-state index is 2.38. The number of benzene rings is 9. The van der Waals surface area contributed by atoms with Gasteiger partial charge in [-0.1, -0.05) is 170 Å². The molecule has 1 nitrogen and oxygen atoms in total. The Kier molecular flexibility index (Phi) is 8.03. The topological polar surface area (TPSA) is 3.24 Å². The number of hydrogen-bond acceptors (Lipinski definition) is 1. The van der Waals surface area contributed by atoms with Crippen molar-refractivity contribution in [3.05, 3.63) is 230 Å². The van der Waals surface area contributed by atoms with Crippen LogP contribution in [0.5, 0.6) is 0 Å². The first-order valence-electron chi connectivity index (χ1n) is 19.9. The molecule has 0 radical (unpaired) electrons. The minimum absolute atomic E-state index is 0.489. The van der Waals surface area contributed by atoms with Crippen LogP contribution in [0.1, 0.15) is 12.0 Å². The molecule has 11 rings (SSSR count). The van der Waals surface area contributed by atoms with Crippen LogP contribution in [0, 0.1) is 5.92 Å². The average molecular weight is 726 g/mol. The Bertz CT molecular complexity index is 2960. The van der Waals surface area contributed by atoms with Crippen molar-refractivity contribution in [2.45, 2.75) is 6.42 Å². The molecule has 1 heteroatoms. The maximum absolute atomic E-state index is 2.38. The Morgan fingerprint density at radius 3 is 1.39 bits per heavy atom. The first kappa shape index (κ1) is 33.1. The lowest BCUT2D eigenvalue weighted by Crippen LogP contribution is -2.10. The molecule has 0 spiro atoms. The molecule has 2 aliphatic rings. The Morgan fingerprint density at radius 1 is 0.386 bits per heavy atom. The highest BCUT2D eigenvalue weighted by molar-refractivity contribution is 6.09. The summed E-state index contributed by atoms with van der Waals surface area (Å²) in [6.07, 6.45) is 14.6. The molecule has 268 valence electrons. The molecule has 1 unspecified atom stereocenters. The van der Waals surface area contributed by atoms with Gasteiger partial charge in [-0.25, -0.2) is 0 Å². The Labute approximate surface area is 333 Å². The highest BCUT2D eigenvalue weighted by Crippen LogP contribution is 2.40. The molecular weight excluding hydrogens is 687 g/mol. The van der Waals surface area contributed by atoms with E-state index in [1.165, 1.54) is 82.1 Å². The summed E-state index contributed by atoms with van der Waals surface area (Å²) in [7, 11) is 0. The summed E-state index contributed by atoms with van der Waals surface area (Å²) in [6.45, 7) is 0. The third-order valence-corrected chi connectivity index (χ3v) is 12.0. The van der Waals surface area contributed by atoms with Crippen LogP contribution >= 0.6 is 0 Å². The molecular formula is C56H39N. The van der Waals surface area contributed by atoms with Crippen LogP contribution in [-0.4, -0.2) is 0 Å². The quantitative estimate of drug-likeness (QED) is 0.154. The first-order valence-corrected chi connectivity index (χ1v) is 19.9. The van der Waals surface area contributed by atoms with E-state index in [9.17, 15) is 0 Å². The molecule has 0 aromatic heterocycles. The monoisotopic (exact) mass is 725 g/mol. The average Bonchev–Trinajstić information content (AvgIpc) is 3.29. The number of fused-ring (bicyclic) bond motifs is 7. The second-order valence-electron chi connectivity index (χ2n) is 15.3. The summed E-state index contributed by atoms with van der Waals surface area (Å²) < 4.78 is 0. The van der Waals surface area contributed by atoms with Crippen LogP contribution in [0.15, 0.2) is 224 Å². The number of allylic oxidation sites excluding steroid dienone is 8. The molecule has 0 bridgehead atoms. The minimum Gasteiger partial charge on any atom is -0.311 e.